The molecule has 2 rings (SSSR count). The van der Waals surface area contributed by atoms with Gasteiger partial charge < -0.3 is 5.11 Å². The van der Waals surface area contributed by atoms with E-state index in [0.29, 0.717) is 12.5 Å². The van der Waals surface area contributed by atoms with Gasteiger partial charge in [-0.1, -0.05) is 25.8 Å². The number of nitrogens with zero attached hydrogens (tertiary/aromatic N) is 2. The molecular weight excluding hydrogens is 252 g/mol. The highest BCUT2D eigenvalue weighted by Gasteiger charge is 2.21. The van der Waals surface area contributed by atoms with Crippen molar-refractivity contribution < 1.29 is 9.90 Å². The van der Waals surface area contributed by atoms with E-state index in [1.807, 2.05) is 18.5 Å². The quantitative estimate of drug-likeness (QED) is 0.838. The first-order valence-electron chi connectivity index (χ1n) is 7.47. The minimum Gasteiger partial charge on any atom is -0.481 e. The molecule has 0 saturated carbocycles. The fourth-order valence-electron chi connectivity index (χ4n) is 2.43. The Morgan fingerprint density at radius 3 is 2.80 bits per heavy atom. The summed E-state index contributed by atoms with van der Waals surface area (Å²) in [7, 11) is 2.19. The number of carboxylic acids is 1. The SMILES string of the molecule is CCCCCC(=O)O.CN1CCCC1c1cccnc1. The number of hydrogen-bond acceptors (Lipinski definition) is 3. The number of aromatic nitrogens is 1. The van der Waals surface area contributed by atoms with Crippen molar-refractivity contribution in [2.24, 2.45) is 0 Å². The molecule has 1 atom stereocenters. The van der Waals surface area contributed by atoms with Crippen LogP contribution in [0.1, 0.15) is 57.1 Å². The largest absolute Gasteiger partial charge is 0.481 e. The molecule has 20 heavy (non-hydrogen) atoms. The van der Waals surface area contributed by atoms with Gasteiger partial charge in [0.1, 0.15) is 0 Å². The predicted molar refractivity (Wildman–Crippen MR) is 80.6 cm³/mol. The summed E-state index contributed by atoms with van der Waals surface area (Å²) >= 11 is 0. The Morgan fingerprint density at radius 1 is 1.50 bits per heavy atom. The van der Waals surface area contributed by atoms with E-state index in [2.05, 4.69) is 29.9 Å². The molecule has 1 aliphatic heterocycles. The molecule has 1 aliphatic rings. The average Bonchev–Trinajstić information content (AvgIpc) is 2.87. The molecule has 4 heteroatoms. The topological polar surface area (TPSA) is 53.4 Å². The van der Waals surface area contributed by atoms with Gasteiger partial charge >= 0.3 is 5.97 Å². The second kappa shape index (κ2) is 9.48. The molecular formula is C16H26N2O2. The monoisotopic (exact) mass is 278 g/mol. The molecule has 0 spiro atoms. The lowest BCUT2D eigenvalue weighted by molar-refractivity contribution is -0.137. The highest BCUT2D eigenvalue weighted by atomic mass is 16.4. The number of aliphatic carboxylic acids is 1. The zero-order valence-electron chi connectivity index (χ0n) is 12.6. The van der Waals surface area contributed by atoms with E-state index in [4.69, 9.17) is 5.11 Å². The van der Waals surface area contributed by atoms with Crippen molar-refractivity contribution in [2.75, 3.05) is 13.6 Å². The normalized spacial score (nSPS) is 18.4. The summed E-state index contributed by atoms with van der Waals surface area (Å²) in [6.07, 6.45) is 9.68. The summed E-state index contributed by atoms with van der Waals surface area (Å²) in [5.74, 6) is -0.682. The van der Waals surface area contributed by atoms with Crippen LogP contribution in [0.15, 0.2) is 24.5 Å². The van der Waals surface area contributed by atoms with Crippen LogP contribution in [0.2, 0.25) is 0 Å². The minimum atomic E-state index is -0.682. The summed E-state index contributed by atoms with van der Waals surface area (Å²) in [6, 6.07) is 4.79. The Kier molecular flexibility index (Phi) is 7.88. The fraction of sp³-hybridized carbons (Fsp3) is 0.625. The van der Waals surface area contributed by atoms with Crippen LogP contribution < -0.4 is 0 Å². The lowest BCUT2D eigenvalue weighted by Crippen LogP contribution is -2.17. The van der Waals surface area contributed by atoms with E-state index in [1.54, 1.807) is 0 Å². The van der Waals surface area contributed by atoms with Gasteiger partial charge in [-0.25, -0.2) is 0 Å². The lowest BCUT2D eigenvalue weighted by Gasteiger charge is -2.18. The molecule has 0 radical (unpaired) electrons. The van der Waals surface area contributed by atoms with E-state index >= 15 is 0 Å². The number of hydrogen-bond donors (Lipinski definition) is 1. The van der Waals surface area contributed by atoms with Crippen LogP contribution in [0, 0.1) is 0 Å². The number of carbonyl (C=O) groups is 1. The first-order chi connectivity index (χ1) is 9.65. The number of rotatable bonds is 5. The maximum absolute atomic E-state index is 9.87. The minimum absolute atomic E-state index is 0.327. The van der Waals surface area contributed by atoms with E-state index in [1.165, 1.54) is 24.9 Å². The van der Waals surface area contributed by atoms with E-state index in [9.17, 15) is 4.79 Å². The van der Waals surface area contributed by atoms with Gasteiger partial charge in [-0.15, -0.1) is 0 Å². The second-order valence-corrected chi connectivity index (χ2v) is 5.28. The molecule has 1 aromatic rings. The highest BCUT2D eigenvalue weighted by molar-refractivity contribution is 5.66. The molecule has 2 heterocycles. The molecule has 0 bridgehead atoms. The lowest BCUT2D eigenvalue weighted by atomic mass is 10.1. The van der Waals surface area contributed by atoms with Gasteiger partial charge in [0.25, 0.3) is 0 Å². The van der Waals surface area contributed by atoms with Crippen molar-refractivity contribution in [3.63, 3.8) is 0 Å². The number of unbranched alkanes of at least 4 members (excludes halogenated alkanes) is 2. The summed E-state index contributed by atoms with van der Waals surface area (Å²) < 4.78 is 0. The van der Waals surface area contributed by atoms with Gasteiger partial charge in [0.15, 0.2) is 0 Å². The van der Waals surface area contributed by atoms with E-state index in [-0.39, 0.29) is 0 Å². The predicted octanol–water partition coefficient (Wildman–Crippen LogP) is 3.50. The van der Waals surface area contributed by atoms with Crippen LogP contribution in [0.5, 0.6) is 0 Å². The Labute approximate surface area is 121 Å². The standard InChI is InChI=1S/C10H14N2.C6H12O2/c1-12-7-3-5-10(12)9-4-2-6-11-8-9;1-2-3-4-5-6(7)8/h2,4,6,8,10H,3,5,7H2,1H3;2-5H2,1H3,(H,7,8). The van der Waals surface area contributed by atoms with Crippen LogP contribution in [0.25, 0.3) is 0 Å². The molecule has 0 aliphatic carbocycles. The van der Waals surface area contributed by atoms with Crippen molar-refractivity contribution in [1.29, 1.82) is 0 Å². The average molecular weight is 278 g/mol. The van der Waals surface area contributed by atoms with Crippen molar-refractivity contribution in [2.45, 2.75) is 51.5 Å². The van der Waals surface area contributed by atoms with Gasteiger partial charge in [0, 0.05) is 24.9 Å². The van der Waals surface area contributed by atoms with Crippen molar-refractivity contribution >= 4 is 5.97 Å². The molecule has 112 valence electrons. The first kappa shape index (κ1) is 16.6. The van der Waals surface area contributed by atoms with Crippen molar-refractivity contribution in [3.05, 3.63) is 30.1 Å². The Hall–Kier alpha value is -1.42. The van der Waals surface area contributed by atoms with Gasteiger partial charge in [0.2, 0.25) is 0 Å². The summed E-state index contributed by atoms with van der Waals surface area (Å²) in [5.41, 5.74) is 1.36. The van der Waals surface area contributed by atoms with Crippen LogP contribution in [-0.4, -0.2) is 34.6 Å². The molecule has 1 fully saturated rings. The van der Waals surface area contributed by atoms with Crippen LogP contribution in [0.3, 0.4) is 0 Å². The Balaban J connectivity index is 0.000000221. The zero-order valence-corrected chi connectivity index (χ0v) is 12.6. The summed E-state index contributed by atoms with van der Waals surface area (Å²) in [4.78, 5) is 16.4. The smallest absolute Gasteiger partial charge is 0.303 e. The van der Waals surface area contributed by atoms with Crippen molar-refractivity contribution in [1.82, 2.24) is 9.88 Å². The molecule has 1 unspecified atom stereocenters. The molecule has 1 saturated heterocycles. The Morgan fingerprint density at radius 2 is 2.30 bits per heavy atom. The fourth-order valence-corrected chi connectivity index (χ4v) is 2.43. The number of pyridine rings is 1. The Bertz CT molecular complexity index is 381. The molecule has 0 aromatic carbocycles. The van der Waals surface area contributed by atoms with E-state index < -0.39 is 5.97 Å². The third kappa shape index (κ3) is 6.15. The molecule has 4 nitrogen and oxygen atoms in total. The summed E-state index contributed by atoms with van der Waals surface area (Å²) in [5, 5.41) is 8.14. The van der Waals surface area contributed by atoms with Gasteiger partial charge in [-0.3, -0.25) is 14.7 Å². The maximum atomic E-state index is 9.87. The van der Waals surface area contributed by atoms with Crippen molar-refractivity contribution in [3.8, 4) is 0 Å². The van der Waals surface area contributed by atoms with Gasteiger partial charge in [-0.2, -0.15) is 0 Å². The number of carboxylic acid groups (broad SMARTS) is 1. The first-order valence-corrected chi connectivity index (χ1v) is 7.47. The zero-order chi connectivity index (χ0) is 14.8. The van der Waals surface area contributed by atoms with Crippen LogP contribution in [0.4, 0.5) is 0 Å². The molecule has 1 aromatic heterocycles. The van der Waals surface area contributed by atoms with Gasteiger partial charge in [-0.05, 0) is 44.5 Å². The number of likely N-dealkylation sites (tertiary alicyclic amines) is 1. The highest BCUT2D eigenvalue weighted by Crippen LogP contribution is 2.29. The second-order valence-electron chi connectivity index (χ2n) is 5.28. The molecule has 1 N–H and O–H groups in total. The summed E-state index contributed by atoms with van der Waals surface area (Å²) in [6.45, 7) is 3.28. The van der Waals surface area contributed by atoms with Gasteiger partial charge in [0.05, 0.1) is 0 Å². The van der Waals surface area contributed by atoms with Crippen LogP contribution in [-0.2, 0) is 4.79 Å². The third-order valence-corrected chi connectivity index (χ3v) is 3.58. The maximum Gasteiger partial charge on any atom is 0.303 e. The third-order valence-electron chi connectivity index (χ3n) is 3.58. The van der Waals surface area contributed by atoms with Crippen LogP contribution >= 0.6 is 0 Å². The van der Waals surface area contributed by atoms with E-state index in [0.717, 1.165) is 19.3 Å². The molecule has 0 amide bonds.